The third-order valence-corrected chi connectivity index (χ3v) is 0. The van der Waals surface area contributed by atoms with Gasteiger partial charge in [0.1, 0.15) is 0 Å². The Morgan fingerprint density at radius 3 is 0.350 bits per heavy atom. The van der Waals surface area contributed by atoms with E-state index in [2.05, 4.69) is 20.8 Å². The summed E-state index contributed by atoms with van der Waals surface area (Å²) in [6.07, 6.45) is 0. The first kappa shape index (κ1) is 305. The Labute approximate surface area is 207 Å². The van der Waals surface area contributed by atoms with E-state index in [0.29, 0.717) is 0 Å². The second-order valence-electron chi connectivity index (χ2n) is 0. The van der Waals surface area contributed by atoms with Crippen molar-refractivity contribution in [3.8, 4) is 0 Å². The van der Waals surface area contributed by atoms with Gasteiger partial charge in [-0.3, -0.25) is 0 Å². The van der Waals surface area contributed by atoms with Gasteiger partial charge in [0, 0.05) is 0 Å². The van der Waals surface area contributed by atoms with E-state index in [-0.39, 0.29) is 168 Å². The van der Waals surface area contributed by atoms with Gasteiger partial charge in [-0.05, 0) is 0 Å². The number of hydrogen-bond donors (Lipinski definition) is 0. The summed E-state index contributed by atoms with van der Waals surface area (Å²) >= 11 is 0. The Hall–Kier alpha value is 3.06. The molecule has 0 unspecified atom stereocenters. The molecule has 0 heterocycles. The van der Waals surface area contributed by atoms with Gasteiger partial charge >= 0.3 is 92.2 Å². The monoisotopic (exact) mass is 340 g/mol. The predicted octanol–water partition coefficient (Wildman–Crippen LogP) is 6.73. The van der Waals surface area contributed by atoms with Crippen LogP contribution in [0, 0.1) is 50.5 Å². The van der Waals surface area contributed by atoms with E-state index in [4.69, 9.17) is 0 Å². The van der Waals surface area contributed by atoms with E-state index in [1.165, 1.54) is 0 Å². The molecular formula is C16H52Mg4. The smallest absolute Gasteiger partial charge is 1.00 e. The van der Waals surface area contributed by atoms with Gasteiger partial charge in [0.15, 0.2) is 0 Å². The molecule has 0 fully saturated rings. The quantitative estimate of drug-likeness (QED) is 0.338. The van der Waals surface area contributed by atoms with Crippen LogP contribution in [-0.2, 0) is 0 Å². The number of hydrogen-bond acceptors (Lipinski definition) is 0. The molecule has 0 rings (SSSR count). The average Bonchev–Trinajstić information content (AvgIpc) is 1.81. The molecule has 0 N–H and O–H groups in total. The topological polar surface area (TPSA) is 0 Å². The van der Waals surface area contributed by atoms with Gasteiger partial charge in [0.05, 0.1) is 0 Å². The van der Waals surface area contributed by atoms with E-state index in [1.54, 1.807) is 20.8 Å². The van der Waals surface area contributed by atoms with Crippen LogP contribution in [0.3, 0.4) is 0 Å². The van der Waals surface area contributed by atoms with Crippen LogP contribution in [0.1, 0.15) is 66.8 Å². The Morgan fingerprint density at radius 1 is 0.350 bits per heavy atom. The second-order valence-corrected chi connectivity index (χ2v) is 0. The maximum atomic E-state index is 3.25. The van der Waals surface area contributed by atoms with E-state index < -0.39 is 0 Å². The van der Waals surface area contributed by atoms with Crippen molar-refractivity contribution in [1.82, 2.24) is 0 Å². The van der Waals surface area contributed by atoms with Gasteiger partial charge < -0.3 is 51.9 Å². The molecule has 0 aromatic rings. The Balaban J connectivity index is -0.000000000296. The zero-order chi connectivity index (χ0) is 6.00. The molecule has 0 aromatic carbocycles. The molecule has 0 radical (unpaired) electrons. The summed E-state index contributed by atoms with van der Waals surface area (Å²) in [6.45, 7) is 15.0. The molecule has 0 saturated heterocycles. The fraction of sp³-hybridized carbons (Fsp3) is 0.562. The minimum Gasteiger partial charge on any atom is -1.00 e. The zero-order valence-electron chi connectivity index (χ0n) is 12.9. The van der Waals surface area contributed by atoms with Crippen LogP contribution in [0.4, 0.5) is 0 Å². The minimum absolute atomic E-state index is 0. The van der Waals surface area contributed by atoms with Gasteiger partial charge in [-0.1, -0.05) is 44.6 Å². The molecule has 0 spiro atoms. The fourth-order valence-electron chi connectivity index (χ4n) is 0. The van der Waals surface area contributed by atoms with Crippen LogP contribution in [0.5, 0.6) is 0 Å². The van der Waals surface area contributed by atoms with E-state index in [9.17, 15) is 0 Å². The van der Waals surface area contributed by atoms with Crippen molar-refractivity contribution in [3.63, 3.8) is 0 Å². The van der Waals surface area contributed by atoms with Crippen LogP contribution in [-0.4, -0.2) is 92.2 Å². The van der Waals surface area contributed by atoms with Crippen LogP contribution < -0.4 is 0 Å². The Bertz CT molecular complexity index is 20.2. The summed E-state index contributed by atoms with van der Waals surface area (Å²) in [6, 6.07) is 0. The van der Waals surface area contributed by atoms with Crippen LogP contribution in [0.2, 0.25) is 0 Å². The first-order valence-electron chi connectivity index (χ1n) is 2.12. The molecule has 0 aliphatic rings. The van der Waals surface area contributed by atoms with Gasteiger partial charge in [0.2, 0.25) is 0 Å². The molecule has 0 saturated carbocycles. The van der Waals surface area contributed by atoms with Crippen molar-refractivity contribution in [3.05, 3.63) is 50.5 Å². The van der Waals surface area contributed by atoms with Gasteiger partial charge in [-0.15, -0.1) is 0 Å². The Morgan fingerprint density at radius 2 is 0.350 bits per heavy atom. The molecule has 0 nitrogen and oxygen atoms in total. The third-order valence-electron chi connectivity index (χ3n) is 0. The fourth-order valence-corrected chi connectivity index (χ4v) is 0. The van der Waals surface area contributed by atoms with Crippen molar-refractivity contribution in [1.29, 1.82) is 0 Å². The summed E-state index contributed by atoms with van der Waals surface area (Å²) < 4.78 is 0. The number of rotatable bonds is 0. The molecule has 0 aliphatic carbocycles. The van der Waals surface area contributed by atoms with Gasteiger partial charge in [0.25, 0.3) is 0 Å². The van der Waals surface area contributed by atoms with Crippen molar-refractivity contribution in [2.75, 3.05) is 0 Å². The van der Waals surface area contributed by atoms with Crippen LogP contribution in [0.15, 0.2) is 0 Å². The summed E-state index contributed by atoms with van der Waals surface area (Å²) in [5.74, 6) is 0. The Kier molecular flexibility index (Phi) is 15900. The van der Waals surface area contributed by atoms with E-state index in [0.717, 1.165) is 0 Å². The zero-order valence-corrected chi connectivity index (χ0v) is 17.6. The van der Waals surface area contributed by atoms with Crippen molar-refractivity contribution in [2.45, 2.75) is 65.3 Å². The average molecular weight is 342 g/mol. The largest absolute Gasteiger partial charge is 2.00 e. The summed E-state index contributed by atoms with van der Waals surface area (Å²) in [5, 5.41) is 0. The van der Waals surface area contributed by atoms with Crippen LogP contribution in [0.25, 0.3) is 0 Å². The van der Waals surface area contributed by atoms with E-state index >= 15 is 0 Å². The van der Waals surface area contributed by atoms with Crippen LogP contribution >= 0.6 is 0 Å². The summed E-state index contributed by atoms with van der Waals surface area (Å²) in [4.78, 5) is 0. The molecular weight excluding hydrogens is 289 g/mol. The molecule has 0 amide bonds. The van der Waals surface area contributed by atoms with Crippen molar-refractivity contribution < 1.29 is 1.43 Å². The predicted molar refractivity (Wildman–Crippen MR) is 123 cm³/mol. The van der Waals surface area contributed by atoms with Gasteiger partial charge in [-0.2, -0.15) is 20.8 Å². The van der Waals surface area contributed by atoms with Crippen molar-refractivity contribution in [2.24, 2.45) is 0 Å². The molecule has 0 bridgehead atoms. The second kappa shape index (κ2) is 1040. The molecule has 0 aliphatic heterocycles. The maximum Gasteiger partial charge on any atom is 2.00 e. The first-order valence-corrected chi connectivity index (χ1v) is 2.12. The minimum atomic E-state index is 0. The molecule has 124 valence electrons. The standard InChI is InChI=1S/3C2H5.6CH4.4CH3.4Mg.H/c3*1-2;;;;;;;;;;;;;;;/h3*1H2,2H3;6*1H4;4*1H3;;;;;/q3*-1;;;;;;;4*-1;4*+2;-1. The summed E-state index contributed by atoms with van der Waals surface area (Å²) in [5.41, 5.74) is 0. The first-order chi connectivity index (χ1) is 3.00. The molecule has 0 aromatic heterocycles. The summed E-state index contributed by atoms with van der Waals surface area (Å²) in [7, 11) is 0. The van der Waals surface area contributed by atoms with Gasteiger partial charge in [-0.25, -0.2) is 0 Å². The molecule has 20 heavy (non-hydrogen) atoms. The molecule has 0 atom stereocenters. The third kappa shape index (κ3) is 903. The molecule has 4 heteroatoms. The SMILES string of the molecule is C.C.C.C.C.C.[CH2-]C.[CH2-]C.[CH2-]C.[CH3-].[CH3-].[CH3-].[CH3-].[H-].[Mg+2].[Mg+2].[Mg+2].[Mg+2]. The normalized spacial score (nSPS) is 0.900. The maximum absolute atomic E-state index is 3.25. The van der Waals surface area contributed by atoms with E-state index in [1.807, 2.05) is 0 Å². The van der Waals surface area contributed by atoms with Crippen molar-refractivity contribution >= 4 is 92.2 Å².